The van der Waals surface area contributed by atoms with Crippen molar-refractivity contribution in [1.82, 2.24) is 0 Å². The van der Waals surface area contributed by atoms with Gasteiger partial charge in [-0.2, -0.15) is 0 Å². The maximum atomic E-state index is 9.75. The quantitative estimate of drug-likeness (QED) is 0.618. The van der Waals surface area contributed by atoms with Gasteiger partial charge in [0.05, 0.1) is 6.61 Å². The number of rotatable bonds is 4. The summed E-state index contributed by atoms with van der Waals surface area (Å²) >= 11 is 0. The van der Waals surface area contributed by atoms with Gasteiger partial charge in [-0.15, -0.1) is 0 Å². The van der Waals surface area contributed by atoms with E-state index in [0.717, 1.165) is 0 Å². The third-order valence-corrected chi connectivity index (χ3v) is 2.48. The number of hydrogen-bond acceptors (Lipinski definition) is 6. The van der Waals surface area contributed by atoms with E-state index >= 15 is 0 Å². The first-order valence-corrected chi connectivity index (χ1v) is 4.71. The van der Waals surface area contributed by atoms with Crippen LogP contribution in [0.2, 0.25) is 0 Å². The molecule has 1 heterocycles. The van der Waals surface area contributed by atoms with Gasteiger partial charge in [-0.25, -0.2) is 0 Å². The molecule has 0 spiro atoms. The van der Waals surface area contributed by atoms with Crippen LogP contribution in [0.3, 0.4) is 0 Å². The molecule has 0 radical (unpaired) electrons. The minimum absolute atomic E-state index is 0.266. The lowest BCUT2D eigenvalue weighted by Crippen LogP contribution is -2.59. The molecule has 0 aliphatic carbocycles. The first kappa shape index (κ1) is 12.8. The van der Waals surface area contributed by atoms with Gasteiger partial charge in [-0.05, 0) is 0 Å². The molecule has 0 aromatic heterocycles. The standard InChI is InChI=1S/C9H18O6/c1-12-4-5-8(13-2)6(10)7(11)9(14-3)15-5/h5-11H,4H2,1-3H3/t5-,6-,7-,8-,9+/m1/s1. The van der Waals surface area contributed by atoms with Gasteiger partial charge in [0.2, 0.25) is 0 Å². The van der Waals surface area contributed by atoms with E-state index in [1.54, 1.807) is 0 Å². The molecule has 2 N–H and O–H groups in total. The van der Waals surface area contributed by atoms with Gasteiger partial charge in [-0.1, -0.05) is 0 Å². The molecule has 1 rings (SSSR count). The molecule has 0 unspecified atom stereocenters. The molecule has 6 nitrogen and oxygen atoms in total. The Balaban J connectivity index is 2.70. The second kappa shape index (κ2) is 5.74. The average molecular weight is 222 g/mol. The van der Waals surface area contributed by atoms with E-state index < -0.39 is 30.7 Å². The normalized spacial score (nSPS) is 41.8. The van der Waals surface area contributed by atoms with E-state index in [1.165, 1.54) is 21.3 Å². The van der Waals surface area contributed by atoms with Crippen LogP contribution >= 0.6 is 0 Å². The van der Waals surface area contributed by atoms with Crippen LogP contribution < -0.4 is 0 Å². The molecular weight excluding hydrogens is 204 g/mol. The Kier molecular flexibility index (Phi) is 4.91. The summed E-state index contributed by atoms with van der Waals surface area (Å²) in [5, 5.41) is 19.3. The molecule has 1 aliphatic heterocycles. The third kappa shape index (κ3) is 2.66. The predicted molar refractivity (Wildman–Crippen MR) is 50.4 cm³/mol. The highest BCUT2D eigenvalue weighted by molar-refractivity contribution is 4.89. The number of hydrogen-bond donors (Lipinski definition) is 2. The highest BCUT2D eigenvalue weighted by atomic mass is 16.7. The van der Waals surface area contributed by atoms with E-state index in [9.17, 15) is 10.2 Å². The summed E-state index contributed by atoms with van der Waals surface area (Å²) in [5.41, 5.74) is 0. The van der Waals surface area contributed by atoms with Gasteiger partial charge in [-0.3, -0.25) is 0 Å². The lowest BCUT2D eigenvalue weighted by atomic mass is 9.99. The molecule has 1 saturated heterocycles. The maximum absolute atomic E-state index is 9.75. The summed E-state index contributed by atoms with van der Waals surface area (Å²) in [6.07, 6.45) is -4.09. The van der Waals surface area contributed by atoms with Crippen molar-refractivity contribution in [2.45, 2.75) is 30.7 Å². The van der Waals surface area contributed by atoms with E-state index in [-0.39, 0.29) is 6.61 Å². The summed E-state index contributed by atoms with van der Waals surface area (Å²) in [6.45, 7) is 0.266. The molecule has 0 aromatic carbocycles. The van der Waals surface area contributed by atoms with Gasteiger partial charge in [0.25, 0.3) is 0 Å². The Labute approximate surface area is 88.7 Å². The largest absolute Gasteiger partial charge is 0.387 e. The molecule has 0 aromatic rings. The zero-order valence-electron chi connectivity index (χ0n) is 9.12. The van der Waals surface area contributed by atoms with E-state index in [2.05, 4.69) is 0 Å². The highest BCUT2D eigenvalue weighted by Crippen LogP contribution is 2.23. The van der Waals surface area contributed by atoms with Crippen molar-refractivity contribution in [2.75, 3.05) is 27.9 Å². The molecule has 15 heavy (non-hydrogen) atoms. The Bertz CT molecular complexity index is 187. The summed E-state index contributed by atoms with van der Waals surface area (Å²) in [7, 11) is 4.37. The molecule has 1 aliphatic rings. The Hall–Kier alpha value is -0.240. The first-order chi connectivity index (χ1) is 7.15. The van der Waals surface area contributed by atoms with Crippen LogP contribution in [0.15, 0.2) is 0 Å². The first-order valence-electron chi connectivity index (χ1n) is 4.71. The second-order valence-electron chi connectivity index (χ2n) is 3.42. The lowest BCUT2D eigenvalue weighted by molar-refractivity contribution is -0.299. The van der Waals surface area contributed by atoms with Crippen molar-refractivity contribution in [3.63, 3.8) is 0 Å². The fourth-order valence-corrected chi connectivity index (χ4v) is 1.69. The summed E-state index contributed by atoms with van der Waals surface area (Å²) in [4.78, 5) is 0. The van der Waals surface area contributed by atoms with Crippen molar-refractivity contribution in [3.8, 4) is 0 Å². The molecule has 6 heteroatoms. The number of aliphatic hydroxyl groups is 2. The van der Waals surface area contributed by atoms with Crippen molar-refractivity contribution in [3.05, 3.63) is 0 Å². The Morgan fingerprint density at radius 3 is 2.20 bits per heavy atom. The van der Waals surface area contributed by atoms with Crippen LogP contribution in [0.5, 0.6) is 0 Å². The van der Waals surface area contributed by atoms with Crippen molar-refractivity contribution >= 4 is 0 Å². The summed E-state index contributed by atoms with van der Waals surface area (Å²) in [6, 6.07) is 0. The van der Waals surface area contributed by atoms with Crippen molar-refractivity contribution < 1.29 is 29.2 Å². The Morgan fingerprint density at radius 1 is 1.07 bits per heavy atom. The topological polar surface area (TPSA) is 77.4 Å². The van der Waals surface area contributed by atoms with Gasteiger partial charge >= 0.3 is 0 Å². The molecular formula is C9H18O6. The smallest absolute Gasteiger partial charge is 0.186 e. The molecule has 0 amide bonds. The number of methoxy groups -OCH3 is 3. The summed E-state index contributed by atoms with van der Waals surface area (Å²) < 4.78 is 20.3. The van der Waals surface area contributed by atoms with Crippen LogP contribution in [-0.4, -0.2) is 68.9 Å². The van der Waals surface area contributed by atoms with Crippen LogP contribution in [0, 0.1) is 0 Å². The molecule has 0 bridgehead atoms. The molecule has 90 valence electrons. The summed E-state index contributed by atoms with van der Waals surface area (Å²) in [5.74, 6) is 0. The van der Waals surface area contributed by atoms with Crippen LogP contribution in [0.1, 0.15) is 0 Å². The van der Waals surface area contributed by atoms with Crippen LogP contribution in [-0.2, 0) is 18.9 Å². The minimum Gasteiger partial charge on any atom is -0.387 e. The molecule has 5 atom stereocenters. The monoisotopic (exact) mass is 222 g/mol. The third-order valence-electron chi connectivity index (χ3n) is 2.48. The predicted octanol–water partition coefficient (Wildman–Crippen LogP) is -1.26. The minimum atomic E-state index is -1.12. The van der Waals surface area contributed by atoms with Gasteiger partial charge in [0, 0.05) is 21.3 Å². The van der Waals surface area contributed by atoms with E-state index in [0.29, 0.717) is 0 Å². The fourth-order valence-electron chi connectivity index (χ4n) is 1.69. The van der Waals surface area contributed by atoms with Crippen molar-refractivity contribution in [2.24, 2.45) is 0 Å². The van der Waals surface area contributed by atoms with E-state index in [1.807, 2.05) is 0 Å². The fraction of sp³-hybridized carbons (Fsp3) is 1.00. The van der Waals surface area contributed by atoms with Crippen LogP contribution in [0.4, 0.5) is 0 Å². The second-order valence-corrected chi connectivity index (χ2v) is 3.42. The van der Waals surface area contributed by atoms with Gasteiger partial charge < -0.3 is 29.2 Å². The molecule has 1 fully saturated rings. The van der Waals surface area contributed by atoms with Gasteiger partial charge in [0.15, 0.2) is 6.29 Å². The van der Waals surface area contributed by atoms with Gasteiger partial charge in [0.1, 0.15) is 24.4 Å². The highest BCUT2D eigenvalue weighted by Gasteiger charge is 2.44. The zero-order chi connectivity index (χ0) is 11.4. The maximum Gasteiger partial charge on any atom is 0.186 e. The zero-order valence-corrected chi connectivity index (χ0v) is 9.12. The van der Waals surface area contributed by atoms with Crippen LogP contribution in [0.25, 0.3) is 0 Å². The lowest BCUT2D eigenvalue weighted by Gasteiger charge is -2.41. The molecule has 0 saturated carbocycles. The number of ether oxygens (including phenoxy) is 4. The SMILES string of the molecule is COC[C@H]1O[C@H](OC)[C@H](O)[C@@H](O)[C@@H]1OC. The average Bonchev–Trinajstić information content (AvgIpc) is 2.24. The number of aliphatic hydroxyl groups excluding tert-OH is 2. The van der Waals surface area contributed by atoms with E-state index in [4.69, 9.17) is 18.9 Å². The Morgan fingerprint density at radius 2 is 1.73 bits per heavy atom. The van der Waals surface area contributed by atoms with Crippen molar-refractivity contribution in [1.29, 1.82) is 0 Å².